The van der Waals surface area contributed by atoms with Crippen LogP contribution in [0.1, 0.15) is 18.2 Å². The van der Waals surface area contributed by atoms with Gasteiger partial charge in [0.15, 0.2) is 11.5 Å². The van der Waals surface area contributed by atoms with Crippen LogP contribution in [0.5, 0.6) is 11.5 Å². The van der Waals surface area contributed by atoms with Crippen molar-refractivity contribution in [3.63, 3.8) is 0 Å². The third kappa shape index (κ3) is 3.55. The van der Waals surface area contributed by atoms with E-state index in [4.69, 9.17) is 9.47 Å². The number of benzene rings is 2. The Hall–Kier alpha value is -3.00. The van der Waals surface area contributed by atoms with Crippen LogP contribution in [0.3, 0.4) is 0 Å². The average Bonchev–Trinajstić information content (AvgIpc) is 2.98. The van der Waals surface area contributed by atoms with Gasteiger partial charge < -0.3 is 14.0 Å². The van der Waals surface area contributed by atoms with E-state index in [2.05, 4.69) is 21.4 Å². The van der Waals surface area contributed by atoms with E-state index in [0.717, 1.165) is 28.7 Å². The molecule has 0 amide bonds. The molecule has 0 radical (unpaired) electrons. The molecule has 2 aromatic carbocycles. The molecule has 0 unspecified atom stereocenters. The maximum absolute atomic E-state index is 12.6. The van der Waals surface area contributed by atoms with Gasteiger partial charge in [-0.2, -0.15) is 13.5 Å². The highest BCUT2D eigenvalue weighted by atomic mass is 32.2. The van der Waals surface area contributed by atoms with Gasteiger partial charge in [0.2, 0.25) is 0 Å². The monoisotopic (exact) mass is 401 g/mol. The van der Waals surface area contributed by atoms with Crippen molar-refractivity contribution in [1.29, 1.82) is 0 Å². The highest BCUT2D eigenvalue weighted by molar-refractivity contribution is 7.89. The molecule has 0 fully saturated rings. The molecule has 28 heavy (non-hydrogen) atoms. The van der Waals surface area contributed by atoms with E-state index >= 15 is 0 Å². The van der Waals surface area contributed by atoms with Crippen LogP contribution < -0.4 is 14.3 Å². The number of para-hydroxylation sites is 1. The molecule has 1 N–H and O–H groups in total. The Morgan fingerprint density at radius 1 is 1.11 bits per heavy atom. The van der Waals surface area contributed by atoms with Crippen molar-refractivity contribution in [2.75, 3.05) is 14.2 Å². The molecule has 148 valence electrons. The lowest BCUT2D eigenvalue weighted by atomic mass is 10.1. The van der Waals surface area contributed by atoms with Crippen LogP contribution in [0.2, 0.25) is 0 Å². The number of nitrogens with one attached hydrogen (secondary N) is 1. The summed E-state index contributed by atoms with van der Waals surface area (Å²) in [5.74, 6) is 0.782. The Balaban J connectivity index is 1.91. The maximum Gasteiger partial charge on any atom is 0.276 e. The first-order valence-corrected chi connectivity index (χ1v) is 10.3. The van der Waals surface area contributed by atoms with Gasteiger partial charge in [-0.05, 0) is 32.0 Å². The summed E-state index contributed by atoms with van der Waals surface area (Å²) in [4.78, 5) is 2.30. The molecule has 7 nitrogen and oxygen atoms in total. The molecule has 0 saturated heterocycles. The first kappa shape index (κ1) is 19.8. The molecule has 0 aliphatic carbocycles. The Labute approximate surface area is 164 Å². The Kier molecular flexibility index (Phi) is 5.60. The molecule has 1 aromatic heterocycles. The predicted molar refractivity (Wildman–Crippen MR) is 110 cm³/mol. The second kappa shape index (κ2) is 7.93. The average molecular weight is 401 g/mol. The number of hydrogen-bond acceptors (Lipinski definition) is 5. The molecule has 0 saturated carbocycles. The summed E-state index contributed by atoms with van der Waals surface area (Å²) in [5.41, 5.74) is 3.00. The Morgan fingerprint density at radius 2 is 1.82 bits per heavy atom. The molecule has 0 aliphatic heterocycles. The van der Waals surface area contributed by atoms with E-state index in [1.165, 1.54) is 32.4 Å². The zero-order chi connectivity index (χ0) is 20.3. The van der Waals surface area contributed by atoms with Crippen molar-refractivity contribution in [2.45, 2.75) is 25.3 Å². The summed E-state index contributed by atoms with van der Waals surface area (Å²) in [7, 11) is -0.903. The van der Waals surface area contributed by atoms with Crippen LogP contribution >= 0.6 is 0 Å². The number of aromatic nitrogens is 1. The number of hydrazone groups is 1. The predicted octanol–water partition coefficient (Wildman–Crippen LogP) is 3.30. The molecular formula is C20H23N3O4S. The van der Waals surface area contributed by atoms with Crippen LogP contribution in [0.25, 0.3) is 10.9 Å². The van der Waals surface area contributed by atoms with Gasteiger partial charge in [-0.15, -0.1) is 0 Å². The molecule has 0 bridgehead atoms. The van der Waals surface area contributed by atoms with Gasteiger partial charge in [0.05, 0.1) is 25.3 Å². The highest BCUT2D eigenvalue weighted by Crippen LogP contribution is 2.29. The number of rotatable bonds is 7. The van der Waals surface area contributed by atoms with Crippen molar-refractivity contribution >= 4 is 27.1 Å². The minimum atomic E-state index is -3.84. The van der Waals surface area contributed by atoms with Gasteiger partial charge in [-0.1, -0.05) is 18.2 Å². The fourth-order valence-electron chi connectivity index (χ4n) is 3.22. The number of ether oxygens (including phenoxy) is 2. The summed E-state index contributed by atoms with van der Waals surface area (Å²) in [6, 6.07) is 12.3. The molecule has 0 atom stereocenters. The maximum atomic E-state index is 12.6. The van der Waals surface area contributed by atoms with Crippen LogP contribution in [-0.2, 0) is 16.6 Å². The lowest BCUT2D eigenvalue weighted by Gasteiger charge is -2.09. The summed E-state index contributed by atoms with van der Waals surface area (Å²) in [5, 5.41) is 5.02. The summed E-state index contributed by atoms with van der Waals surface area (Å²) < 4.78 is 37.6. The number of sulfonamides is 1. The molecule has 0 aliphatic rings. The Morgan fingerprint density at radius 3 is 2.50 bits per heavy atom. The smallest absolute Gasteiger partial charge is 0.276 e. The number of aryl methyl sites for hydroxylation is 1. The van der Waals surface area contributed by atoms with Crippen LogP contribution in [-0.4, -0.2) is 33.4 Å². The van der Waals surface area contributed by atoms with E-state index in [1.54, 1.807) is 6.21 Å². The van der Waals surface area contributed by atoms with E-state index in [9.17, 15) is 8.42 Å². The van der Waals surface area contributed by atoms with Crippen molar-refractivity contribution in [3.8, 4) is 11.5 Å². The van der Waals surface area contributed by atoms with Gasteiger partial charge in [0, 0.05) is 34.8 Å². The molecule has 0 spiro atoms. The Bertz CT molecular complexity index is 1130. The molecular weight excluding hydrogens is 378 g/mol. The van der Waals surface area contributed by atoms with Crippen molar-refractivity contribution < 1.29 is 17.9 Å². The van der Waals surface area contributed by atoms with Gasteiger partial charge in [-0.3, -0.25) is 0 Å². The van der Waals surface area contributed by atoms with Gasteiger partial charge in [-0.25, -0.2) is 4.83 Å². The summed E-state index contributed by atoms with van der Waals surface area (Å²) in [6.07, 6.45) is 1.54. The SMILES string of the molecule is CCn1c(C)c(/C=N/NS(=O)(=O)c2ccc(OC)c(OC)c2)c2ccccc21. The van der Waals surface area contributed by atoms with Crippen LogP contribution in [0.15, 0.2) is 52.5 Å². The van der Waals surface area contributed by atoms with E-state index in [-0.39, 0.29) is 4.90 Å². The minimum absolute atomic E-state index is 0.0370. The third-order valence-electron chi connectivity index (χ3n) is 4.63. The normalized spacial score (nSPS) is 11.9. The lowest BCUT2D eigenvalue weighted by molar-refractivity contribution is 0.354. The number of fused-ring (bicyclic) bond motifs is 1. The quantitative estimate of drug-likeness (QED) is 0.486. The van der Waals surface area contributed by atoms with Crippen LogP contribution in [0, 0.1) is 6.92 Å². The van der Waals surface area contributed by atoms with Crippen LogP contribution in [0.4, 0.5) is 0 Å². The largest absolute Gasteiger partial charge is 0.493 e. The van der Waals surface area contributed by atoms with Crippen molar-refractivity contribution in [3.05, 3.63) is 53.7 Å². The second-order valence-electron chi connectivity index (χ2n) is 6.13. The van der Waals surface area contributed by atoms with Crippen molar-refractivity contribution in [1.82, 2.24) is 9.40 Å². The fraction of sp³-hybridized carbons (Fsp3) is 0.250. The second-order valence-corrected chi connectivity index (χ2v) is 7.79. The zero-order valence-corrected chi connectivity index (χ0v) is 17.1. The first-order chi connectivity index (χ1) is 13.4. The van der Waals surface area contributed by atoms with Gasteiger partial charge in [0.25, 0.3) is 10.0 Å². The molecule has 8 heteroatoms. The molecule has 3 rings (SSSR count). The zero-order valence-electron chi connectivity index (χ0n) is 16.3. The molecule has 3 aromatic rings. The summed E-state index contributed by atoms with van der Waals surface area (Å²) >= 11 is 0. The van der Waals surface area contributed by atoms with E-state index in [0.29, 0.717) is 11.5 Å². The molecule has 1 heterocycles. The van der Waals surface area contributed by atoms with E-state index < -0.39 is 10.0 Å². The number of hydrogen-bond donors (Lipinski definition) is 1. The van der Waals surface area contributed by atoms with E-state index in [1.807, 2.05) is 31.2 Å². The summed E-state index contributed by atoms with van der Waals surface area (Å²) in [6.45, 7) is 4.88. The fourth-order valence-corrected chi connectivity index (χ4v) is 4.03. The topological polar surface area (TPSA) is 81.9 Å². The van der Waals surface area contributed by atoms with Gasteiger partial charge >= 0.3 is 0 Å². The van der Waals surface area contributed by atoms with Crippen molar-refractivity contribution in [2.24, 2.45) is 5.10 Å². The van der Waals surface area contributed by atoms with Gasteiger partial charge in [0.1, 0.15) is 0 Å². The number of nitrogens with zero attached hydrogens (tertiary/aromatic N) is 2. The standard InChI is InChI=1S/C20H23N3O4S/c1-5-23-14(2)17(16-8-6-7-9-18(16)23)13-21-22-28(24,25)15-10-11-19(26-3)20(12-15)27-4/h6-13,22H,5H2,1-4H3/b21-13+. The number of methoxy groups -OCH3 is 2. The highest BCUT2D eigenvalue weighted by Gasteiger charge is 2.17. The third-order valence-corrected chi connectivity index (χ3v) is 5.85. The minimum Gasteiger partial charge on any atom is -0.493 e. The first-order valence-electron chi connectivity index (χ1n) is 8.77. The lowest BCUT2D eigenvalue weighted by Crippen LogP contribution is -2.18.